The molecule has 0 fully saturated rings. The zero-order valence-corrected chi connectivity index (χ0v) is 11.4. The van der Waals surface area contributed by atoms with Crippen molar-refractivity contribution in [1.82, 2.24) is 0 Å². The Hall–Kier alpha value is 0.437. The average molecular weight is 316 g/mol. The van der Waals surface area contributed by atoms with Crippen LogP contribution in [0.2, 0.25) is 19.6 Å². The molecular formula is C8H13HfSi-. The molecule has 1 rings (SSSR count). The maximum atomic E-state index is 2.36. The summed E-state index contributed by atoms with van der Waals surface area (Å²) in [7, 11) is -0.981. The first-order chi connectivity index (χ1) is 4.11. The van der Waals surface area contributed by atoms with Crippen molar-refractivity contribution < 1.29 is 25.8 Å². The zero-order chi connectivity index (χ0) is 6.91. The molecule has 0 aromatic heterocycles. The molecule has 2 heteroatoms. The molecule has 0 saturated carbocycles. The summed E-state index contributed by atoms with van der Waals surface area (Å²) >= 11 is 0. The summed E-state index contributed by atoms with van der Waals surface area (Å²) in [4.78, 5) is 0. The van der Waals surface area contributed by atoms with Crippen LogP contribution in [0.1, 0.15) is 0 Å². The van der Waals surface area contributed by atoms with Crippen molar-refractivity contribution in [1.29, 1.82) is 0 Å². The third-order valence-electron chi connectivity index (χ3n) is 1.53. The molecule has 0 atom stereocenters. The van der Waals surface area contributed by atoms with Gasteiger partial charge in [0.05, 0.1) is 0 Å². The summed E-state index contributed by atoms with van der Waals surface area (Å²) in [6, 6.07) is 8.69. The van der Waals surface area contributed by atoms with Crippen LogP contribution in [-0.4, -0.2) is 8.07 Å². The molecule has 1 aromatic carbocycles. The minimum absolute atomic E-state index is 0. The molecule has 10 heavy (non-hydrogen) atoms. The Bertz CT molecular complexity index is 172. The van der Waals surface area contributed by atoms with Crippen molar-refractivity contribution in [2.24, 2.45) is 0 Å². The summed E-state index contributed by atoms with van der Waals surface area (Å²) < 4.78 is 0. The van der Waals surface area contributed by atoms with Crippen LogP contribution >= 0.6 is 0 Å². The van der Waals surface area contributed by atoms with Crippen LogP contribution in [0.4, 0.5) is 0 Å². The van der Waals surface area contributed by atoms with Crippen molar-refractivity contribution in [3.8, 4) is 0 Å². The van der Waals surface area contributed by atoms with Crippen molar-refractivity contribution in [2.75, 3.05) is 0 Å². The Labute approximate surface area is 82.8 Å². The topological polar surface area (TPSA) is 0 Å². The van der Waals surface area contributed by atoms with E-state index in [1.165, 1.54) is 0 Å². The third kappa shape index (κ3) is 2.58. The first-order valence-electron chi connectivity index (χ1n) is 3.33. The second-order valence-electron chi connectivity index (χ2n) is 3.42. The molecule has 0 bridgehead atoms. The molecule has 0 unspecified atom stereocenters. The Morgan fingerprint density at radius 1 is 1.00 bits per heavy atom. The van der Waals surface area contributed by atoms with Crippen LogP contribution in [-0.2, 0) is 25.8 Å². The van der Waals surface area contributed by atoms with Crippen LogP contribution in [0.15, 0.2) is 24.3 Å². The molecular weight excluding hydrogens is 303 g/mol. The van der Waals surface area contributed by atoms with Gasteiger partial charge in [-0.25, -0.2) is 12.1 Å². The predicted molar refractivity (Wildman–Crippen MR) is 45.0 cm³/mol. The van der Waals surface area contributed by atoms with Crippen LogP contribution in [0.5, 0.6) is 0 Å². The fourth-order valence-corrected chi connectivity index (χ4v) is 2.07. The Morgan fingerprint density at radius 3 is 1.60 bits per heavy atom. The van der Waals surface area contributed by atoms with E-state index in [1.807, 2.05) is 0 Å². The van der Waals surface area contributed by atoms with Gasteiger partial charge in [0, 0.05) is 33.9 Å². The molecule has 0 saturated heterocycles. The summed E-state index contributed by atoms with van der Waals surface area (Å²) in [6.45, 7) is 7.09. The Morgan fingerprint density at radius 2 is 1.40 bits per heavy atom. The maximum Gasteiger partial charge on any atom is 0.0147 e. The first-order valence-corrected chi connectivity index (χ1v) is 6.83. The number of rotatable bonds is 1. The van der Waals surface area contributed by atoms with Gasteiger partial charge in [0.25, 0.3) is 0 Å². The second-order valence-corrected chi connectivity index (χ2v) is 8.50. The molecule has 0 spiro atoms. The van der Waals surface area contributed by atoms with Gasteiger partial charge < -0.3 is 0 Å². The number of hydrogen-bond donors (Lipinski definition) is 0. The molecule has 54 valence electrons. The summed E-state index contributed by atoms with van der Waals surface area (Å²) in [5, 5.41) is 1.56. The molecule has 1 aromatic rings. The van der Waals surface area contributed by atoms with Gasteiger partial charge in [0.2, 0.25) is 0 Å². The van der Waals surface area contributed by atoms with Crippen LogP contribution < -0.4 is 5.19 Å². The molecule has 0 aliphatic carbocycles. The van der Waals surface area contributed by atoms with E-state index in [0.717, 1.165) is 0 Å². The minimum Gasteiger partial charge on any atom is -0.214 e. The van der Waals surface area contributed by atoms with E-state index >= 15 is 0 Å². The van der Waals surface area contributed by atoms with Crippen LogP contribution in [0, 0.1) is 0 Å². The molecule has 0 aliphatic rings. The summed E-state index contributed by atoms with van der Waals surface area (Å²) in [5.74, 6) is 0. The Kier molecular flexibility index (Phi) is 3.88. The largest absolute Gasteiger partial charge is 0.214 e. The van der Waals surface area contributed by atoms with Crippen molar-refractivity contribution in [3.05, 3.63) is 24.3 Å². The van der Waals surface area contributed by atoms with Gasteiger partial charge in [-0.1, -0.05) is 19.6 Å². The minimum atomic E-state index is -0.981. The van der Waals surface area contributed by atoms with Gasteiger partial charge in [0.15, 0.2) is 0 Å². The number of hydrogen-bond acceptors (Lipinski definition) is 0. The quantitative estimate of drug-likeness (QED) is 0.549. The van der Waals surface area contributed by atoms with E-state index in [0.29, 0.717) is 0 Å². The van der Waals surface area contributed by atoms with Crippen LogP contribution in [0.3, 0.4) is 0 Å². The van der Waals surface area contributed by atoms with E-state index in [2.05, 4.69) is 43.9 Å². The van der Waals surface area contributed by atoms with Crippen molar-refractivity contribution in [3.63, 3.8) is 0 Å². The molecule has 0 nitrogen and oxygen atoms in total. The fourth-order valence-electron chi connectivity index (χ4n) is 0.874. The molecule has 0 aliphatic heterocycles. The normalized spacial score (nSPS) is 10.7. The summed E-state index contributed by atoms with van der Waals surface area (Å²) in [6.07, 6.45) is 0. The molecule has 0 radical (unpaired) electrons. The van der Waals surface area contributed by atoms with E-state index in [9.17, 15) is 0 Å². The van der Waals surface area contributed by atoms with E-state index in [1.54, 1.807) is 5.19 Å². The SMILES string of the molecule is C[Si](C)(C)[c-]1cccc1.[Hf]. The zero-order valence-electron chi connectivity index (χ0n) is 6.81. The Balaban J connectivity index is 0.000000810. The van der Waals surface area contributed by atoms with Gasteiger partial charge in [-0.3, -0.25) is 0 Å². The van der Waals surface area contributed by atoms with E-state index < -0.39 is 8.07 Å². The van der Waals surface area contributed by atoms with E-state index in [-0.39, 0.29) is 25.8 Å². The standard InChI is InChI=1S/C8H13Si.Hf/c1-9(2,3)8-6-4-5-7-8;/h4-7H,1-3H3;/q-1;. The van der Waals surface area contributed by atoms with Gasteiger partial charge in [-0.05, 0) is 0 Å². The maximum absolute atomic E-state index is 2.36. The average Bonchev–Trinajstić information content (AvgIpc) is 2.08. The third-order valence-corrected chi connectivity index (χ3v) is 3.59. The van der Waals surface area contributed by atoms with E-state index in [4.69, 9.17) is 0 Å². The summed E-state index contributed by atoms with van der Waals surface area (Å²) in [5.41, 5.74) is 0. The van der Waals surface area contributed by atoms with Crippen molar-refractivity contribution >= 4 is 13.3 Å². The predicted octanol–water partition coefficient (Wildman–Crippen LogP) is 1.95. The van der Waals surface area contributed by atoms with Gasteiger partial charge in [0.1, 0.15) is 0 Å². The van der Waals surface area contributed by atoms with Gasteiger partial charge in [-0.2, -0.15) is 17.3 Å². The second kappa shape index (κ2) is 3.72. The van der Waals surface area contributed by atoms with Crippen LogP contribution in [0.25, 0.3) is 0 Å². The van der Waals surface area contributed by atoms with Gasteiger partial charge >= 0.3 is 0 Å². The van der Waals surface area contributed by atoms with Gasteiger partial charge in [-0.15, -0.1) is 0 Å². The van der Waals surface area contributed by atoms with Crippen molar-refractivity contribution in [2.45, 2.75) is 19.6 Å². The molecule has 0 amide bonds. The molecule has 0 heterocycles. The smallest absolute Gasteiger partial charge is 0.0147 e. The molecule has 0 N–H and O–H groups in total. The fraction of sp³-hybridized carbons (Fsp3) is 0.375. The monoisotopic (exact) mass is 317 g/mol. The first kappa shape index (κ1) is 10.4.